The summed E-state index contributed by atoms with van der Waals surface area (Å²) >= 11 is 0. The zero-order valence-corrected chi connectivity index (χ0v) is 6.80. The number of aliphatic hydroxyl groups excluding tert-OH is 1. The summed E-state index contributed by atoms with van der Waals surface area (Å²) < 4.78 is 0. The number of carbonyl (C=O) groups is 2. The predicted molar refractivity (Wildman–Crippen MR) is 44.2 cm³/mol. The van der Waals surface area contributed by atoms with Crippen molar-refractivity contribution < 1.29 is 24.9 Å². The van der Waals surface area contributed by atoms with Crippen molar-refractivity contribution in [3.63, 3.8) is 0 Å². The van der Waals surface area contributed by atoms with Crippen molar-refractivity contribution in [2.24, 2.45) is 0 Å². The number of hydrogen-bond acceptors (Lipinski definition) is 3. The molecule has 0 heterocycles. The molecule has 0 radical (unpaired) electrons. The van der Waals surface area contributed by atoms with Gasteiger partial charge in [0.15, 0.2) is 0 Å². The minimum Gasteiger partial charge on any atom is -0.478 e. The van der Waals surface area contributed by atoms with Crippen LogP contribution in [0.1, 0.15) is 6.42 Å². The molecule has 5 heteroatoms. The lowest BCUT2D eigenvalue weighted by atomic mass is 10.2. The van der Waals surface area contributed by atoms with Gasteiger partial charge in [0.25, 0.3) is 0 Å². The molecule has 0 amide bonds. The lowest BCUT2D eigenvalue weighted by molar-refractivity contribution is -0.132. The van der Waals surface area contributed by atoms with Crippen LogP contribution in [0.15, 0.2) is 23.8 Å². The fourth-order valence-corrected chi connectivity index (χ4v) is 0.608. The van der Waals surface area contributed by atoms with Crippen LogP contribution in [-0.2, 0) is 9.59 Å². The van der Waals surface area contributed by atoms with Gasteiger partial charge in [-0.1, -0.05) is 6.08 Å². The average molecular weight is 186 g/mol. The Bertz CT molecular complexity index is 251. The summed E-state index contributed by atoms with van der Waals surface area (Å²) in [6.45, 7) is -0.169. The van der Waals surface area contributed by atoms with E-state index in [1.807, 2.05) is 0 Å². The van der Waals surface area contributed by atoms with Gasteiger partial charge in [0.05, 0.1) is 5.57 Å². The summed E-state index contributed by atoms with van der Waals surface area (Å²) in [6.07, 6.45) is 3.14. The van der Waals surface area contributed by atoms with Crippen molar-refractivity contribution >= 4 is 11.9 Å². The van der Waals surface area contributed by atoms with Crippen molar-refractivity contribution in [1.29, 1.82) is 0 Å². The van der Waals surface area contributed by atoms with Crippen molar-refractivity contribution in [3.05, 3.63) is 23.8 Å². The molecule has 0 aromatic rings. The van der Waals surface area contributed by atoms with E-state index in [1.54, 1.807) is 0 Å². The van der Waals surface area contributed by atoms with Crippen LogP contribution in [0.2, 0.25) is 0 Å². The summed E-state index contributed by atoms with van der Waals surface area (Å²) in [5.74, 6) is -2.43. The van der Waals surface area contributed by atoms with Crippen molar-refractivity contribution in [2.45, 2.75) is 6.42 Å². The van der Waals surface area contributed by atoms with Gasteiger partial charge in [0, 0.05) is 12.7 Å². The van der Waals surface area contributed by atoms with Gasteiger partial charge in [0.1, 0.15) is 0 Å². The Morgan fingerprint density at radius 2 is 1.77 bits per heavy atom. The maximum atomic E-state index is 10.4. The third-order valence-electron chi connectivity index (χ3n) is 1.15. The van der Waals surface area contributed by atoms with Gasteiger partial charge in [-0.25, -0.2) is 9.59 Å². The third kappa shape index (κ3) is 5.63. The molecule has 0 aliphatic heterocycles. The molecule has 72 valence electrons. The van der Waals surface area contributed by atoms with Crippen LogP contribution in [0.3, 0.4) is 0 Å². The first-order valence-electron chi connectivity index (χ1n) is 3.53. The molecule has 0 spiro atoms. The van der Waals surface area contributed by atoms with Gasteiger partial charge >= 0.3 is 11.9 Å². The quantitative estimate of drug-likeness (QED) is 0.415. The summed E-state index contributed by atoms with van der Waals surface area (Å²) in [5, 5.41) is 25.1. The predicted octanol–water partition coefficient (Wildman–Crippen LogP) is 0.0206. The first-order valence-corrected chi connectivity index (χ1v) is 3.53. The molecule has 0 saturated heterocycles. The normalized spacial score (nSPS) is 11.9. The van der Waals surface area contributed by atoms with E-state index in [-0.39, 0.29) is 18.6 Å². The van der Waals surface area contributed by atoms with Crippen LogP contribution in [0.25, 0.3) is 0 Å². The molecular formula is C8H10O5. The number of aliphatic carboxylic acids is 2. The standard InChI is InChI=1S/C8H10O5/c9-5-1-2-6(8(12)13)3-4-7(10)11/h2-4,9H,1,5H2,(H,10,11)(H,12,13). The molecular weight excluding hydrogens is 176 g/mol. The van der Waals surface area contributed by atoms with Gasteiger partial charge < -0.3 is 15.3 Å². The molecule has 0 atom stereocenters. The average Bonchev–Trinajstić information content (AvgIpc) is 2.03. The van der Waals surface area contributed by atoms with Gasteiger partial charge in [-0.05, 0) is 12.5 Å². The van der Waals surface area contributed by atoms with Gasteiger partial charge in [-0.15, -0.1) is 0 Å². The second-order valence-corrected chi connectivity index (χ2v) is 2.15. The monoisotopic (exact) mass is 186 g/mol. The molecule has 0 aromatic heterocycles. The number of carboxylic acids is 2. The molecule has 0 saturated carbocycles. The molecule has 0 aliphatic carbocycles. The topological polar surface area (TPSA) is 94.8 Å². The number of aliphatic hydroxyl groups is 1. The second-order valence-electron chi connectivity index (χ2n) is 2.15. The maximum Gasteiger partial charge on any atom is 0.335 e. The Labute approximate surface area is 74.6 Å². The molecule has 0 aromatic carbocycles. The first kappa shape index (κ1) is 11.4. The zero-order valence-electron chi connectivity index (χ0n) is 6.80. The van der Waals surface area contributed by atoms with E-state index in [9.17, 15) is 9.59 Å². The number of hydrogen-bond donors (Lipinski definition) is 3. The van der Waals surface area contributed by atoms with E-state index in [4.69, 9.17) is 15.3 Å². The Morgan fingerprint density at radius 1 is 1.15 bits per heavy atom. The summed E-state index contributed by atoms with van der Waals surface area (Å²) in [4.78, 5) is 20.5. The number of rotatable bonds is 5. The minimum absolute atomic E-state index is 0.142. The lowest BCUT2D eigenvalue weighted by Gasteiger charge is -1.92. The Morgan fingerprint density at radius 3 is 2.15 bits per heavy atom. The summed E-state index contributed by atoms with van der Waals surface area (Å²) in [7, 11) is 0. The minimum atomic E-state index is -1.22. The lowest BCUT2D eigenvalue weighted by Crippen LogP contribution is -1.99. The Balaban J connectivity index is 4.43. The van der Waals surface area contributed by atoms with E-state index in [2.05, 4.69) is 0 Å². The highest BCUT2D eigenvalue weighted by Gasteiger charge is 2.02. The molecule has 5 nitrogen and oxygen atoms in total. The van der Waals surface area contributed by atoms with Crippen LogP contribution in [0.4, 0.5) is 0 Å². The molecule has 0 rings (SSSR count). The van der Waals surface area contributed by atoms with Gasteiger partial charge in [0.2, 0.25) is 0 Å². The Hall–Kier alpha value is -1.62. The van der Waals surface area contributed by atoms with Crippen molar-refractivity contribution in [1.82, 2.24) is 0 Å². The molecule has 3 N–H and O–H groups in total. The zero-order chi connectivity index (χ0) is 10.3. The van der Waals surface area contributed by atoms with Crippen LogP contribution in [0.5, 0.6) is 0 Å². The van der Waals surface area contributed by atoms with Crippen LogP contribution in [-0.4, -0.2) is 33.9 Å². The second kappa shape index (κ2) is 5.96. The highest BCUT2D eigenvalue weighted by atomic mass is 16.4. The first-order chi connectivity index (χ1) is 6.07. The molecule has 0 fully saturated rings. The highest BCUT2D eigenvalue weighted by Crippen LogP contribution is 1.99. The Kier molecular flexibility index (Phi) is 5.22. The largest absolute Gasteiger partial charge is 0.478 e. The maximum absolute atomic E-state index is 10.4. The van der Waals surface area contributed by atoms with Crippen LogP contribution < -0.4 is 0 Å². The SMILES string of the molecule is O=C(O)C=CC(=CCCO)C(=O)O. The van der Waals surface area contributed by atoms with Crippen molar-refractivity contribution in [2.75, 3.05) is 6.61 Å². The van der Waals surface area contributed by atoms with E-state index in [1.165, 1.54) is 6.08 Å². The van der Waals surface area contributed by atoms with Gasteiger partial charge in [-0.3, -0.25) is 0 Å². The molecule has 0 unspecified atom stereocenters. The molecule has 13 heavy (non-hydrogen) atoms. The van der Waals surface area contributed by atoms with Gasteiger partial charge in [-0.2, -0.15) is 0 Å². The summed E-state index contributed by atoms with van der Waals surface area (Å²) in [6, 6.07) is 0. The fourth-order valence-electron chi connectivity index (χ4n) is 0.608. The van der Waals surface area contributed by atoms with E-state index in [0.717, 1.165) is 12.2 Å². The van der Waals surface area contributed by atoms with E-state index in [0.29, 0.717) is 0 Å². The smallest absolute Gasteiger partial charge is 0.335 e. The molecule has 0 aliphatic rings. The van der Waals surface area contributed by atoms with Crippen molar-refractivity contribution in [3.8, 4) is 0 Å². The number of carboxylic acid groups (broad SMARTS) is 2. The fraction of sp³-hybridized carbons (Fsp3) is 0.250. The van der Waals surface area contributed by atoms with E-state index < -0.39 is 11.9 Å². The van der Waals surface area contributed by atoms with E-state index >= 15 is 0 Å². The van der Waals surface area contributed by atoms with Crippen LogP contribution >= 0.6 is 0 Å². The summed E-state index contributed by atoms with van der Waals surface area (Å²) in [5.41, 5.74) is -0.142. The molecule has 0 bridgehead atoms. The van der Waals surface area contributed by atoms with Crippen LogP contribution in [0, 0.1) is 0 Å². The third-order valence-corrected chi connectivity index (χ3v) is 1.15. The highest BCUT2D eigenvalue weighted by molar-refractivity contribution is 5.92.